The maximum atomic E-state index is 13.6. The summed E-state index contributed by atoms with van der Waals surface area (Å²) in [5.74, 6) is 0.408. The third-order valence-corrected chi connectivity index (χ3v) is 3.65. The van der Waals surface area contributed by atoms with E-state index in [1.807, 2.05) is 13.0 Å². The van der Waals surface area contributed by atoms with E-state index in [4.69, 9.17) is 0 Å². The monoisotopic (exact) mass is 271 g/mol. The molecule has 20 heavy (non-hydrogen) atoms. The number of aromatic nitrogens is 2. The summed E-state index contributed by atoms with van der Waals surface area (Å²) in [5.41, 5.74) is 5.04. The van der Waals surface area contributed by atoms with Crippen molar-refractivity contribution in [2.24, 2.45) is 0 Å². The van der Waals surface area contributed by atoms with Crippen LogP contribution >= 0.6 is 0 Å². The Kier molecular flexibility index (Phi) is 3.49. The lowest BCUT2D eigenvalue weighted by Crippen LogP contribution is -2.26. The number of benzene rings is 1. The number of hydrogen-bond donors (Lipinski definition) is 1. The van der Waals surface area contributed by atoms with E-state index in [2.05, 4.69) is 22.2 Å². The molecule has 3 rings (SSSR count). The highest BCUT2D eigenvalue weighted by Gasteiger charge is 2.17. The number of aryl methyl sites for hydroxylation is 2. The normalized spacial score (nSPS) is 14.2. The number of halogens is 1. The van der Waals surface area contributed by atoms with Crippen LogP contribution in [-0.2, 0) is 19.4 Å². The predicted molar refractivity (Wildman–Crippen MR) is 77.0 cm³/mol. The second-order valence-corrected chi connectivity index (χ2v) is 5.22. The molecule has 1 aliphatic rings. The SMILES string of the molecule is CCc1nc(-c2cc(C)cc(F)c2)nc2c1CNCC2. The predicted octanol–water partition coefficient (Wildman–Crippen LogP) is 2.80. The fourth-order valence-electron chi connectivity index (χ4n) is 2.70. The summed E-state index contributed by atoms with van der Waals surface area (Å²) in [4.78, 5) is 9.30. The first kappa shape index (κ1) is 13.2. The van der Waals surface area contributed by atoms with Gasteiger partial charge in [0.25, 0.3) is 0 Å². The first-order valence-corrected chi connectivity index (χ1v) is 7.04. The molecule has 1 N–H and O–H groups in total. The Hall–Kier alpha value is -1.81. The molecule has 1 aromatic heterocycles. The van der Waals surface area contributed by atoms with E-state index < -0.39 is 0 Å². The van der Waals surface area contributed by atoms with Gasteiger partial charge in [0, 0.05) is 36.3 Å². The van der Waals surface area contributed by atoms with Crippen LogP contribution in [0.25, 0.3) is 11.4 Å². The third kappa shape index (κ3) is 2.43. The maximum absolute atomic E-state index is 13.6. The Bertz CT molecular complexity index is 615. The number of fused-ring (bicyclic) bond motifs is 1. The summed E-state index contributed by atoms with van der Waals surface area (Å²) in [6.45, 7) is 5.75. The van der Waals surface area contributed by atoms with Gasteiger partial charge in [-0.15, -0.1) is 0 Å². The minimum absolute atomic E-state index is 0.235. The number of nitrogens with one attached hydrogen (secondary N) is 1. The summed E-state index contributed by atoms with van der Waals surface area (Å²) in [5, 5.41) is 3.35. The van der Waals surface area contributed by atoms with Gasteiger partial charge in [0.2, 0.25) is 0 Å². The minimum atomic E-state index is -0.235. The van der Waals surface area contributed by atoms with Crippen molar-refractivity contribution in [1.82, 2.24) is 15.3 Å². The van der Waals surface area contributed by atoms with E-state index in [0.717, 1.165) is 48.4 Å². The van der Waals surface area contributed by atoms with Crippen LogP contribution in [0.3, 0.4) is 0 Å². The molecule has 0 atom stereocenters. The molecular formula is C16H18FN3. The van der Waals surface area contributed by atoms with Gasteiger partial charge in [-0.05, 0) is 37.1 Å². The summed E-state index contributed by atoms with van der Waals surface area (Å²) in [6.07, 6.45) is 1.78. The van der Waals surface area contributed by atoms with Crippen molar-refractivity contribution < 1.29 is 4.39 Å². The summed E-state index contributed by atoms with van der Waals surface area (Å²) >= 11 is 0. The van der Waals surface area contributed by atoms with Crippen LogP contribution in [0.1, 0.15) is 29.4 Å². The lowest BCUT2D eigenvalue weighted by molar-refractivity contribution is 0.617. The van der Waals surface area contributed by atoms with Crippen LogP contribution in [0.2, 0.25) is 0 Å². The molecule has 0 aliphatic carbocycles. The summed E-state index contributed by atoms with van der Waals surface area (Å²) in [6, 6.07) is 4.97. The molecule has 1 aliphatic heterocycles. The molecule has 1 aromatic carbocycles. The van der Waals surface area contributed by atoms with Gasteiger partial charge in [0.1, 0.15) is 5.82 Å². The van der Waals surface area contributed by atoms with Gasteiger partial charge in [-0.3, -0.25) is 0 Å². The molecule has 0 radical (unpaired) electrons. The van der Waals surface area contributed by atoms with Crippen LogP contribution in [0, 0.1) is 12.7 Å². The molecule has 0 bridgehead atoms. The molecule has 104 valence electrons. The molecule has 2 heterocycles. The Balaban J connectivity index is 2.14. The summed E-state index contributed by atoms with van der Waals surface area (Å²) in [7, 11) is 0. The lowest BCUT2D eigenvalue weighted by atomic mass is 10.0. The second-order valence-electron chi connectivity index (χ2n) is 5.22. The molecule has 0 unspecified atom stereocenters. The highest BCUT2D eigenvalue weighted by Crippen LogP contribution is 2.23. The molecule has 4 heteroatoms. The van der Waals surface area contributed by atoms with Gasteiger partial charge in [-0.25, -0.2) is 14.4 Å². The molecular weight excluding hydrogens is 253 g/mol. The molecule has 0 saturated heterocycles. The van der Waals surface area contributed by atoms with Crippen molar-refractivity contribution >= 4 is 0 Å². The third-order valence-electron chi connectivity index (χ3n) is 3.65. The Labute approximate surface area is 118 Å². The van der Waals surface area contributed by atoms with Gasteiger partial charge in [-0.2, -0.15) is 0 Å². The lowest BCUT2D eigenvalue weighted by Gasteiger charge is -2.19. The van der Waals surface area contributed by atoms with Crippen LogP contribution < -0.4 is 5.32 Å². The largest absolute Gasteiger partial charge is 0.312 e. The van der Waals surface area contributed by atoms with E-state index >= 15 is 0 Å². The molecule has 0 amide bonds. The first-order valence-electron chi connectivity index (χ1n) is 7.04. The van der Waals surface area contributed by atoms with Crippen molar-refractivity contribution in [3.63, 3.8) is 0 Å². The zero-order valence-corrected chi connectivity index (χ0v) is 11.8. The van der Waals surface area contributed by atoms with Gasteiger partial charge in [0.15, 0.2) is 5.82 Å². The molecule has 0 spiro atoms. The minimum Gasteiger partial charge on any atom is -0.312 e. The van der Waals surface area contributed by atoms with Gasteiger partial charge >= 0.3 is 0 Å². The van der Waals surface area contributed by atoms with Crippen molar-refractivity contribution in [3.8, 4) is 11.4 Å². The van der Waals surface area contributed by atoms with E-state index in [-0.39, 0.29) is 5.82 Å². The van der Waals surface area contributed by atoms with Crippen molar-refractivity contribution in [2.75, 3.05) is 6.54 Å². The fourth-order valence-corrected chi connectivity index (χ4v) is 2.70. The topological polar surface area (TPSA) is 37.8 Å². The molecule has 3 nitrogen and oxygen atoms in total. The number of hydrogen-bond acceptors (Lipinski definition) is 3. The Morgan fingerprint density at radius 3 is 2.85 bits per heavy atom. The second kappa shape index (κ2) is 5.29. The smallest absolute Gasteiger partial charge is 0.159 e. The van der Waals surface area contributed by atoms with Crippen LogP contribution in [0.4, 0.5) is 4.39 Å². The molecule has 0 fully saturated rings. The first-order chi connectivity index (χ1) is 9.67. The average molecular weight is 271 g/mol. The standard InChI is InChI=1S/C16H18FN3/c1-3-14-13-9-18-5-4-15(13)20-16(19-14)11-6-10(2)7-12(17)8-11/h6-8,18H,3-5,9H2,1-2H3. The van der Waals surface area contributed by atoms with Crippen LogP contribution in [0.5, 0.6) is 0 Å². The quantitative estimate of drug-likeness (QED) is 0.912. The van der Waals surface area contributed by atoms with E-state index in [0.29, 0.717) is 5.82 Å². The van der Waals surface area contributed by atoms with Gasteiger partial charge in [0.05, 0.1) is 5.69 Å². The molecule has 0 saturated carbocycles. The van der Waals surface area contributed by atoms with E-state index in [1.165, 1.54) is 17.7 Å². The van der Waals surface area contributed by atoms with Crippen molar-refractivity contribution in [3.05, 3.63) is 46.5 Å². The average Bonchev–Trinajstić information content (AvgIpc) is 2.45. The molecule has 2 aromatic rings. The van der Waals surface area contributed by atoms with Crippen LogP contribution in [-0.4, -0.2) is 16.5 Å². The van der Waals surface area contributed by atoms with Gasteiger partial charge < -0.3 is 5.32 Å². The highest BCUT2D eigenvalue weighted by molar-refractivity contribution is 5.57. The maximum Gasteiger partial charge on any atom is 0.159 e. The van der Waals surface area contributed by atoms with Crippen molar-refractivity contribution in [2.45, 2.75) is 33.2 Å². The number of nitrogens with zero attached hydrogens (tertiary/aromatic N) is 2. The zero-order chi connectivity index (χ0) is 14.1. The highest BCUT2D eigenvalue weighted by atomic mass is 19.1. The number of rotatable bonds is 2. The van der Waals surface area contributed by atoms with Crippen LogP contribution in [0.15, 0.2) is 18.2 Å². The van der Waals surface area contributed by atoms with E-state index in [1.54, 1.807) is 0 Å². The summed E-state index contributed by atoms with van der Waals surface area (Å²) < 4.78 is 13.6. The van der Waals surface area contributed by atoms with Crippen molar-refractivity contribution in [1.29, 1.82) is 0 Å². The zero-order valence-electron chi connectivity index (χ0n) is 11.8. The van der Waals surface area contributed by atoms with Gasteiger partial charge in [-0.1, -0.05) is 6.92 Å². The Morgan fingerprint density at radius 1 is 1.25 bits per heavy atom. The van der Waals surface area contributed by atoms with E-state index in [9.17, 15) is 4.39 Å². The fraction of sp³-hybridized carbons (Fsp3) is 0.375. The Morgan fingerprint density at radius 2 is 2.10 bits per heavy atom.